The maximum Gasteiger partial charge on any atom is 0.339 e. The second-order valence-electron chi connectivity index (χ2n) is 3.92. The highest BCUT2D eigenvalue weighted by Crippen LogP contribution is 2.20. The molecule has 0 aliphatic carbocycles. The van der Waals surface area contributed by atoms with Gasteiger partial charge in [0.2, 0.25) is 0 Å². The van der Waals surface area contributed by atoms with Crippen LogP contribution in [0.25, 0.3) is 0 Å². The summed E-state index contributed by atoms with van der Waals surface area (Å²) in [6.45, 7) is 1.82. The third-order valence-corrected chi connectivity index (χ3v) is 3.61. The standard InChI is InChI=1S/C13H13NO3S/c1-10-3-2-4-13(9-10)18(15,16)17-12-7-5-11(14)6-8-12/h2-9H,14H2,1H3. The Bertz CT molecular complexity index is 648. The Labute approximate surface area is 106 Å². The minimum atomic E-state index is -3.79. The fraction of sp³-hybridized carbons (Fsp3) is 0.0769. The van der Waals surface area contributed by atoms with E-state index in [1.807, 2.05) is 13.0 Å². The van der Waals surface area contributed by atoms with E-state index in [4.69, 9.17) is 9.92 Å². The minimum Gasteiger partial charge on any atom is -0.399 e. The van der Waals surface area contributed by atoms with Crippen LogP contribution in [0.1, 0.15) is 5.56 Å². The smallest absolute Gasteiger partial charge is 0.339 e. The van der Waals surface area contributed by atoms with Crippen LogP contribution in [0.3, 0.4) is 0 Å². The van der Waals surface area contributed by atoms with E-state index in [1.54, 1.807) is 24.3 Å². The Morgan fingerprint density at radius 2 is 1.72 bits per heavy atom. The van der Waals surface area contributed by atoms with Crippen LogP contribution in [-0.2, 0) is 10.1 Å². The highest BCUT2D eigenvalue weighted by atomic mass is 32.2. The molecule has 0 spiro atoms. The van der Waals surface area contributed by atoms with Gasteiger partial charge in [-0.25, -0.2) is 0 Å². The number of hydrogen-bond acceptors (Lipinski definition) is 4. The van der Waals surface area contributed by atoms with Crippen molar-refractivity contribution in [1.82, 2.24) is 0 Å². The molecule has 0 aliphatic rings. The summed E-state index contributed by atoms with van der Waals surface area (Å²) in [5.74, 6) is 0.241. The van der Waals surface area contributed by atoms with Crippen LogP contribution < -0.4 is 9.92 Å². The predicted octanol–water partition coefficient (Wildman–Crippen LogP) is 2.34. The zero-order valence-corrected chi connectivity index (χ0v) is 10.6. The lowest BCUT2D eigenvalue weighted by Gasteiger charge is -2.07. The Hall–Kier alpha value is -2.01. The van der Waals surface area contributed by atoms with Crippen LogP contribution in [0, 0.1) is 6.92 Å². The van der Waals surface area contributed by atoms with Gasteiger partial charge in [-0.3, -0.25) is 0 Å². The second-order valence-corrected chi connectivity index (χ2v) is 5.47. The summed E-state index contributed by atoms with van der Waals surface area (Å²) in [4.78, 5) is 0.138. The molecule has 0 aliphatic heterocycles. The average Bonchev–Trinajstić information content (AvgIpc) is 2.32. The van der Waals surface area contributed by atoms with E-state index in [-0.39, 0.29) is 10.6 Å². The summed E-state index contributed by atoms with van der Waals surface area (Å²) in [7, 11) is -3.79. The largest absolute Gasteiger partial charge is 0.399 e. The van der Waals surface area contributed by atoms with Crippen LogP contribution in [0.2, 0.25) is 0 Å². The van der Waals surface area contributed by atoms with Crippen molar-refractivity contribution in [2.24, 2.45) is 0 Å². The molecule has 0 radical (unpaired) electrons. The molecule has 0 fully saturated rings. The van der Waals surface area contributed by atoms with Crippen molar-refractivity contribution >= 4 is 15.8 Å². The molecule has 0 unspecified atom stereocenters. The summed E-state index contributed by atoms with van der Waals surface area (Å²) < 4.78 is 29.0. The number of aryl methyl sites for hydroxylation is 1. The fourth-order valence-corrected chi connectivity index (χ4v) is 2.51. The SMILES string of the molecule is Cc1cccc(S(=O)(=O)Oc2ccc(N)cc2)c1. The Morgan fingerprint density at radius 1 is 1.06 bits per heavy atom. The molecule has 2 rings (SSSR count). The number of nitrogen functional groups attached to an aromatic ring is 1. The summed E-state index contributed by atoms with van der Waals surface area (Å²) in [6, 6.07) is 12.8. The monoisotopic (exact) mass is 263 g/mol. The van der Waals surface area contributed by atoms with Gasteiger partial charge in [-0.05, 0) is 48.9 Å². The zero-order valence-electron chi connectivity index (χ0n) is 9.83. The van der Waals surface area contributed by atoms with Crippen LogP contribution >= 0.6 is 0 Å². The van der Waals surface area contributed by atoms with E-state index in [0.717, 1.165) is 5.56 Å². The quantitative estimate of drug-likeness (QED) is 0.681. The first-order chi connectivity index (χ1) is 8.47. The van der Waals surface area contributed by atoms with Crippen LogP contribution in [0.5, 0.6) is 5.75 Å². The highest BCUT2D eigenvalue weighted by molar-refractivity contribution is 7.87. The van der Waals surface area contributed by atoms with E-state index >= 15 is 0 Å². The molecule has 0 heterocycles. The number of benzene rings is 2. The molecule has 0 atom stereocenters. The topological polar surface area (TPSA) is 69.4 Å². The second kappa shape index (κ2) is 4.70. The molecule has 2 aromatic rings. The number of anilines is 1. The molecule has 5 heteroatoms. The summed E-state index contributed by atoms with van der Waals surface area (Å²) >= 11 is 0. The van der Waals surface area contributed by atoms with Gasteiger partial charge in [0.15, 0.2) is 0 Å². The van der Waals surface area contributed by atoms with Crippen molar-refractivity contribution in [2.45, 2.75) is 11.8 Å². The van der Waals surface area contributed by atoms with Gasteiger partial charge < -0.3 is 9.92 Å². The predicted molar refractivity (Wildman–Crippen MR) is 69.8 cm³/mol. The third-order valence-electron chi connectivity index (χ3n) is 2.36. The van der Waals surface area contributed by atoms with Gasteiger partial charge in [-0.2, -0.15) is 8.42 Å². The van der Waals surface area contributed by atoms with Gasteiger partial charge in [0, 0.05) is 5.69 Å². The van der Waals surface area contributed by atoms with Gasteiger partial charge in [0.1, 0.15) is 10.6 Å². The maximum absolute atomic E-state index is 12.0. The number of rotatable bonds is 3. The van der Waals surface area contributed by atoms with Gasteiger partial charge in [0.25, 0.3) is 0 Å². The van der Waals surface area contributed by atoms with Crippen LogP contribution in [0.4, 0.5) is 5.69 Å². The van der Waals surface area contributed by atoms with Gasteiger partial charge in [0.05, 0.1) is 0 Å². The van der Waals surface area contributed by atoms with Crippen molar-refractivity contribution in [3.8, 4) is 5.75 Å². The molecule has 0 saturated heterocycles. The molecule has 0 bridgehead atoms. The summed E-state index contributed by atoms with van der Waals surface area (Å²) in [5, 5.41) is 0. The molecule has 2 N–H and O–H groups in total. The van der Waals surface area contributed by atoms with Crippen LogP contribution in [-0.4, -0.2) is 8.42 Å². The molecular weight excluding hydrogens is 250 g/mol. The van der Waals surface area contributed by atoms with E-state index < -0.39 is 10.1 Å². The molecule has 0 aromatic heterocycles. The molecule has 0 saturated carbocycles. The molecule has 0 amide bonds. The first kappa shape index (κ1) is 12.4. The van der Waals surface area contributed by atoms with Crippen molar-refractivity contribution in [3.63, 3.8) is 0 Å². The van der Waals surface area contributed by atoms with E-state index in [9.17, 15) is 8.42 Å². The van der Waals surface area contributed by atoms with Crippen molar-refractivity contribution in [2.75, 3.05) is 5.73 Å². The Morgan fingerprint density at radius 3 is 2.33 bits per heavy atom. The average molecular weight is 263 g/mol. The summed E-state index contributed by atoms with van der Waals surface area (Å²) in [5.41, 5.74) is 6.93. The molecule has 18 heavy (non-hydrogen) atoms. The fourth-order valence-electron chi connectivity index (χ4n) is 1.47. The van der Waals surface area contributed by atoms with Crippen molar-refractivity contribution in [3.05, 3.63) is 54.1 Å². The van der Waals surface area contributed by atoms with Gasteiger partial charge in [-0.15, -0.1) is 0 Å². The van der Waals surface area contributed by atoms with Gasteiger partial charge >= 0.3 is 10.1 Å². The van der Waals surface area contributed by atoms with E-state index in [2.05, 4.69) is 0 Å². The first-order valence-electron chi connectivity index (χ1n) is 5.34. The Balaban J connectivity index is 2.30. The van der Waals surface area contributed by atoms with Crippen molar-refractivity contribution < 1.29 is 12.6 Å². The lowest BCUT2D eigenvalue weighted by atomic mass is 10.2. The van der Waals surface area contributed by atoms with Crippen molar-refractivity contribution in [1.29, 1.82) is 0 Å². The molecular formula is C13H13NO3S. The van der Waals surface area contributed by atoms with E-state index in [0.29, 0.717) is 5.69 Å². The number of hydrogen-bond donors (Lipinski definition) is 1. The minimum absolute atomic E-state index is 0.138. The lowest BCUT2D eigenvalue weighted by Crippen LogP contribution is -2.09. The van der Waals surface area contributed by atoms with Gasteiger partial charge in [-0.1, -0.05) is 12.1 Å². The molecule has 2 aromatic carbocycles. The summed E-state index contributed by atoms with van der Waals surface area (Å²) in [6.07, 6.45) is 0. The maximum atomic E-state index is 12.0. The first-order valence-corrected chi connectivity index (χ1v) is 6.75. The lowest BCUT2D eigenvalue weighted by molar-refractivity contribution is 0.486. The molecule has 94 valence electrons. The van der Waals surface area contributed by atoms with E-state index in [1.165, 1.54) is 18.2 Å². The third kappa shape index (κ3) is 2.81. The zero-order chi connectivity index (χ0) is 13.2. The Kier molecular flexibility index (Phi) is 3.25. The van der Waals surface area contributed by atoms with Crippen LogP contribution in [0.15, 0.2) is 53.4 Å². The number of nitrogens with two attached hydrogens (primary N) is 1. The normalized spacial score (nSPS) is 11.2. The highest BCUT2D eigenvalue weighted by Gasteiger charge is 2.16. The molecule has 4 nitrogen and oxygen atoms in total.